The van der Waals surface area contributed by atoms with Crippen LogP contribution in [0.1, 0.15) is 20.8 Å². The molecule has 2 N–H and O–H groups in total. The molecule has 118 valence electrons. The first-order valence-electron chi connectivity index (χ1n) is 6.86. The van der Waals surface area contributed by atoms with Crippen LogP contribution in [0.4, 0.5) is 5.69 Å². The van der Waals surface area contributed by atoms with Crippen LogP contribution < -0.4 is 16.2 Å². The average Bonchev–Trinajstić information content (AvgIpc) is 2.55. The Morgan fingerprint density at radius 1 is 1.22 bits per heavy atom. The first-order valence-corrected chi connectivity index (χ1v) is 6.86. The van der Waals surface area contributed by atoms with Gasteiger partial charge in [0.1, 0.15) is 5.69 Å². The van der Waals surface area contributed by atoms with Gasteiger partial charge in [-0.25, -0.2) is 4.68 Å². The maximum Gasteiger partial charge on any atom is 0.276 e. The number of carbonyl (C=O) groups excluding carboxylic acids is 2. The van der Waals surface area contributed by atoms with Gasteiger partial charge < -0.3 is 10.6 Å². The molecule has 0 bridgehead atoms. The van der Waals surface area contributed by atoms with E-state index in [4.69, 9.17) is 0 Å². The van der Waals surface area contributed by atoms with Crippen LogP contribution in [0.3, 0.4) is 0 Å². The molecule has 0 saturated carbocycles. The number of hydrogen-bond donors (Lipinski definition) is 2. The minimum Gasteiger partial charge on any atom is -0.349 e. The van der Waals surface area contributed by atoms with Gasteiger partial charge in [-0.15, -0.1) is 6.58 Å². The van der Waals surface area contributed by atoms with Gasteiger partial charge in [-0.05, 0) is 18.2 Å². The van der Waals surface area contributed by atoms with Crippen molar-refractivity contribution in [3.05, 3.63) is 70.7 Å². The lowest BCUT2D eigenvalue weighted by Crippen LogP contribution is -2.26. The summed E-state index contributed by atoms with van der Waals surface area (Å²) in [5.41, 5.74) is 0.446. The van der Waals surface area contributed by atoms with Gasteiger partial charge in [0.05, 0.1) is 11.3 Å². The molecule has 0 atom stereocenters. The van der Waals surface area contributed by atoms with E-state index >= 15 is 0 Å². The Morgan fingerprint density at radius 2 is 1.96 bits per heavy atom. The lowest BCUT2D eigenvalue weighted by Gasteiger charge is -2.10. The van der Waals surface area contributed by atoms with Crippen LogP contribution in [0.2, 0.25) is 0 Å². The summed E-state index contributed by atoms with van der Waals surface area (Å²) >= 11 is 0. The molecule has 0 saturated heterocycles. The minimum absolute atomic E-state index is 0.0772. The van der Waals surface area contributed by atoms with E-state index in [2.05, 4.69) is 22.3 Å². The number of amides is 2. The predicted octanol–water partition coefficient (Wildman–Crippen LogP) is 0.948. The van der Waals surface area contributed by atoms with E-state index in [0.29, 0.717) is 17.8 Å². The van der Waals surface area contributed by atoms with E-state index in [9.17, 15) is 14.4 Å². The van der Waals surface area contributed by atoms with E-state index in [0.717, 1.165) is 4.68 Å². The zero-order valence-corrected chi connectivity index (χ0v) is 12.6. The second-order valence-electron chi connectivity index (χ2n) is 4.68. The molecule has 1 aromatic carbocycles. The van der Waals surface area contributed by atoms with Gasteiger partial charge in [0, 0.05) is 19.7 Å². The Bertz CT molecular complexity index is 811. The van der Waals surface area contributed by atoms with Crippen LogP contribution in [0.5, 0.6) is 0 Å². The quantitative estimate of drug-likeness (QED) is 0.804. The highest BCUT2D eigenvalue weighted by Crippen LogP contribution is 2.15. The van der Waals surface area contributed by atoms with Crippen molar-refractivity contribution in [2.45, 2.75) is 0 Å². The molecule has 7 heteroatoms. The maximum absolute atomic E-state index is 12.2. The highest BCUT2D eigenvalue weighted by molar-refractivity contribution is 6.08. The number of aromatic nitrogens is 2. The van der Waals surface area contributed by atoms with Crippen LogP contribution in [0, 0.1) is 0 Å². The van der Waals surface area contributed by atoms with Gasteiger partial charge in [0.2, 0.25) is 0 Å². The lowest BCUT2D eigenvalue weighted by molar-refractivity contribution is 0.0959. The van der Waals surface area contributed by atoms with Crippen molar-refractivity contribution >= 4 is 17.5 Å². The normalized spacial score (nSPS) is 9.96. The number of para-hydroxylation sites is 1. The molecular formula is C16H16N4O3. The monoisotopic (exact) mass is 312 g/mol. The predicted molar refractivity (Wildman–Crippen MR) is 86.4 cm³/mol. The van der Waals surface area contributed by atoms with Crippen LogP contribution in [0.25, 0.3) is 0 Å². The topological polar surface area (TPSA) is 93.1 Å². The molecule has 0 spiro atoms. The molecule has 2 aromatic rings. The number of carbonyl (C=O) groups is 2. The van der Waals surface area contributed by atoms with Crippen molar-refractivity contribution < 1.29 is 9.59 Å². The largest absolute Gasteiger partial charge is 0.349 e. The third kappa shape index (κ3) is 3.91. The number of nitrogens with zero attached hydrogens (tertiary/aromatic N) is 2. The van der Waals surface area contributed by atoms with Crippen LogP contribution in [-0.4, -0.2) is 28.1 Å². The fraction of sp³-hybridized carbons (Fsp3) is 0.125. The van der Waals surface area contributed by atoms with Crippen molar-refractivity contribution in [1.29, 1.82) is 0 Å². The molecule has 1 aromatic heterocycles. The van der Waals surface area contributed by atoms with Crippen molar-refractivity contribution in [2.24, 2.45) is 7.05 Å². The molecule has 1 heterocycles. The number of nitrogens with one attached hydrogen (secondary N) is 2. The van der Waals surface area contributed by atoms with Crippen LogP contribution in [0.15, 0.2) is 53.8 Å². The minimum atomic E-state index is -0.510. The Kier molecular flexibility index (Phi) is 5.03. The smallest absolute Gasteiger partial charge is 0.276 e. The van der Waals surface area contributed by atoms with Crippen molar-refractivity contribution in [3.63, 3.8) is 0 Å². The highest BCUT2D eigenvalue weighted by Gasteiger charge is 2.14. The molecule has 23 heavy (non-hydrogen) atoms. The summed E-state index contributed by atoms with van der Waals surface area (Å²) in [7, 11) is 1.45. The molecule has 0 unspecified atom stereocenters. The summed E-state index contributed by atoms with van der Waals surface area (Å²) in [4.78, 5) is 35.6. The summed E-state index contributed by atoms with van der Waals surface area (Å²) in [6, 6.07) is 9.20. The first-order chi connectivity index (χ1) is 11.0. The first kappa shape index (κ1) is 16.2. The lowest BCUT2D eigenvalue weighted by atomic mass is 10.1. The number of aryl methyl sites for hydroxylation is 1. The summed E-state index contributed by atoms with van der Waals surface area (Å²) in [5.74, 6) is -0.834. The van der Waals surface area contributed by atoms with Crippen LogP contribution in [-0.2, 0) is 7.05 Å². The van der Waals surface area contributed by atoms with E-state index in [1.165, 1.54) is 19.2 Å². The molecular weight excluding hydrogens is 296 g/mol. The van der Waals surface area contributed by atoms with Gasteiger partial charge >= 0.3 is 0 Å². The standard InChI is InChI=1S/C16H16N4O3/c1-3-10-17-15(22)11-6-4-5-7-12(11)18-16(23)13-8-9-14(21)20(2)19-13/h3-9H,1,10H2,2H3,(H,17,22)(H,18,23). The molecule has 0 fully saturated rings. The Labute approximate surface area is 132 Å². The van der Waals surface area contributed by atoms with E-state index in [1.807, 2.05) is 0 Å². The Balaban J connectivity index is 2.24. The van der Waals surface area contributed by atoms with Crippen molar-refractivity contribution in [1.82, 2.24) is 15.1 Å². The SMILES string of the molecule is C=CCNC(=O)c1ccccc1NC(=O)c1ccc(=O)n(C)n1. The van der Waals surface area contributed by atoms with Gasteiger partial charge in [0.15, 0.2) is 0 Å². The van der Waals surface area contributed by atoms with Gasteiger partial charge in [-0.1, -0.05) is 18.2 Å². The second kappa shape index (κ2) is 7.17. The Hall–Kier alpha value is -3.22. The fourth-order valence-electron chi connectivity index (χ4n) is 1.86. The molecule has 0 aliphatic rings. The zero-order valence-electron chi connectivity index (χ0n) is 12.6. The molecule has 2 amide bonds. The average molecular weight is 312 g/mol. The third-order valence-electron chi connectivity index (χ3n) is 3.02. The molecule has 2 rings (SSSR count). The van der Waals surface area contributed by atoms with E-state index < -0.39 is 5.91 Å². The summed E-state index contributed by atoms with van der Waals surface area (Å²) in [6.45, 7) is 3.85. The van der Waals surface area contributed by atoms with E-state index in [-0.39, 0.29) is 17.2 Å². The maximum atomic E-state index is 12.2. The number of rotatable bonds is 5. The molecule has 0 radical (unpaired) electrons. The second-order valence-corrected chi connectivity index (χ2v) is 4.68. The Morgan fingerprint density at radius 3 is 2.65 bits per heavy atom. The number of anilines is 1. The molecule has 0 aliphatic carbocycles. The third-order valence-corrected chi connectivity index (χ3v) is 3.02. The molecule has 0 aliphatic heterocycles. The summed E-state index contributed by atoms with van der Waals surface area (Å²) in [5, 5.41) is 9.15. The number of benzene rings is 1. The van der Waals surface area contributed by atoms with Crippen LogP contribution >= 0.6 is 0 Å². The highest BCUT2D eigenvalue weighted by atomic mass is 16.2. The number of hydrogen-bond acceptors (Lipinski definition) is 4. The summed E-state index contributed by atoms with van der Waals surface area (Å²) in [6.07, 6.45) is 1.56. The van der Waals surface area contributed by atoms with Crippen molar-refractivity contribution in [3.8, 4) is 0 Å². The fourth-order valence-corrected chi connectivity index (χ4v) is 1.86. The van der Waals surface area contributed by atoms with Gasteiger partial charge in [-0.3, -0.25) is 14.4 Å². The summed E-state index contributed by atoms with van der Waals surface area (Å²) < 4.78 is 1.07. The van der Waals surface area contributed by atoms with Gasteiger partial charge in [0.25, 0.3) is 17.4 Å². The molecule has 7 nitrogen and oxygen atoms in total. The van der Waals surface area contributed by atoms with E-state index in [1.54, 1.807) is 30.3 Å². The van der Waals surface area contributed by atoms with Gasteiger partial charge in [-0.2, -0.15) is 5.10 Å². The zero-order chi connectivity index (χ0) is 16.8. The van der Waals surface area contributed by atoms with Crippen molar-refractivity contribution in [2.75, 3.05) is 11.9 Å².